The number of aliphatic hydroxyl groups is 2. The summed E-state index contributed by atoms with van der Waals surface area (Å²) in [7, 11) is 0. The highest BCUT2D eigenvalue weighted by Crippen LogP contribution is 2.17. The average Bonchev–Trinajstić information content (AvgIpc) is 3.29. The predicted octanol–water partition coefficient (Wildman–Crippen LogP) is 16.6. The molecule has 0 aromatic rings. The fourth-order valence-electron chi connectivity index (χ4n) is 7.99. The average molecular weight is 894 g/mol. The molecule has 0 radical (unpaired) electrons. The van der Waals surface area contributed by atoms with E-state index in [0.29, 0.717) is 19.3 Å². The molecular weight excluding hydrogens is 791 g/mol. The van der Waals surface area contributed by atoms with Crippen LogP contribution in [0.3, 0.4) is 0 Å². The molecule has 64 heavy (non-hydrogen) atoms. The topological polar surface area (TPSA) is 95.9 Å². The molecule has 1 amide bonds. The number of hydrogen-bond acceptors (Lipinski definition) is 5. The number of amides is 1. The second-order valence-electron chi connectivity index (χ2n) is 18.4. The molecule has 0 aromatic heterocycles. The van der Waals surface area contributed by atoms with Crippen molar-refractivity contribution in [2.75, 3.05) is 6.61 Å². The molecule has 3 atom stereocenters. The molecule has 0 aliphatic rings. The van der Waals surface area contributed by atoms with E-state index >= 15 is 0 Å². The molecule has 0 rings (SSSR count). The van der Waals surface area contributed by atoms with E-state index in [2.05, 4.69) is 74.7 Å². The first-order valence-electron chi connectivity index (χ1n) is 27.2. The highest BCUT2D eigenvalue weighted by molar-refractivity contribution is 5.77. The lowest BCUT2D eigenvalue weighted by Crippen LogP contribution is -2.46. The van der Waals surface area contributed by atoms with Crippen LogP contribution in [0.1, 0.15) is 258 Å². The van der Waals surface area contributed by atoms with E-state index in [4.69, 9.17) is 4.74 Å². The summed E-state index contributed by atoms with van der Waals surface area (Å²) in [6.45, 7) is 6.38. The summed E-state index contributed by atoms with van der Waals surface area (Å²) in [5.41, 5.74) is 0. The summed E-state index contributed by atoms with van der Waals surface area (Å²) in [4.78, 5) is 26.2. The molecule has 370 valence electrons. The molecule has 0 aliphatic carbocycles. The Labute approximate surface area is 396 Å². The lowest BCUT2D eigenvalue weighted by atomic mass is 10.0. The Morgan fingerprint density at radius 1 is 0.453 bits per heavy atom. The third-order valence-electron chi connectivity index (χ3n) is 12.1. The molecule has 0 saturated carbocycles. The Bertz CT molecular complexity index is 1190. The maximum atomic E-state index is 13.2. The highest BCUT2D eigenvalue weighted by Gasteiger charge is 2.24. The van der Waals surface area contributed by atoms with Gasteiger partial charge >= 0.3 is 5.97 Å². The number of rotatable bonds is 48. The Hall–Kier alpha value is -2.70. The van der Waals surface area contributed by atoms with Gasteiger partial charge < -0.3 is 20.3 Å². The number of carbonyl (C=O) groups is 2. The molecule has 0 heterocycles. The Morgan fingerprint density at radius 2 is 0.859 bits per heavy atom. The Morgan fingerprint density at radius 3 is 1.34 bits per heavy atom. The van der Waals surface area contributed by atoms with Crippen LogP contribution in [0.2, 0.25) is 0 Å². The van der Waals surface area contributed by atoms with Crippen LogP contribution in [0.4, 0.5) is 0 Å². The van der Waals surface area contributed by atoms with Crippen LogP contribution in [0.15, 0.2) is 72.9 Å². The van der Waals surface area contributed by atoms with Crippen LogP contribution in [-0.4, -0.2) is 46.9 Å². The summed E-state index contributed by atoms with van der Waals surface area (Å²) in [6.07, 6.45) is 65.3. The van der Waals surface area contributed by atoms with Crippen LogP contribution >= 0.6 is 0 Å². The third kappa shape index (κ3) is 45.9. The van der Waals surface area contributed by atoms with Gasteiger partial charge in [-0.15, -0.1) is 0 Å². The van der Waals surface area contributed by atoms with Crippen LogP contribution in [0.25, 0.3) is 0 Å². The molecule has 3 N–H and O–H groups in total. The molecule has 6 heteroatoms. The van der Waals surface area contributed by atoms with Gasteiger partial charge in [0.05, 0.1) is 25.2 Å². The van der Waals surface area contributed by atoms with Crippen molar-refractivity contribution in [2.45, 2.75) is 277 Å². The predicted molar refractivity (Wildman–Crippen MR) is 278 cm³/mol. The normalized spacial score (nSPS) is 13.8. The van der Waals surface area contributed by atoms with Crippen molar-refractivity contribution in [2.24, 2.45) is 0 Å². The summed E-state index contributed by atoms with van der Waals surface area (Å²) in [6, 6.07) is -0.718. The lowest BCUT2D eigenvalue weighted by molar-refractivity contribution is -0.151. The van der Waals surface area contributed by atoms with Gasteiger partial charge in [-0.1, -0.05) is 254 Å². The van der Waals surface area contributed by atoms with Crippen molar-refractivity contribution in [3.8, 4) is 0 Å². The zero-order valence-corrected chi connectivity index (χ0v) is 42.1. The summed E-state index contributed by atoms with van der Waals surface area (Å²) in [5, 5.41) is 23.8. The molecule has 0 spiro atoms. The molecule has 6 nitrogen and oxygen atoms in total. The zero-order chi connectivity index (χ0) is 46.7. The fourth-order valence-corrected chi connectivity index (χ4v) is 7.99. The van der Waals surface area contributed by atoms with Gasteiger partial charge in [0.2, 0.25) is 5.91 Å². The SMILES string of the molecule is CCC/C=C/C=C/C=C/C=C/C=C/CCCCCCCC(=O)OC(CCC/C=C\CCCCCCCC)CC(=O)NC(CO)C(O)CCCCCCCCCCCCCCCCCC. The minimum Gasteiger partial charge on any atom is -0.462 e. The molecule has 0 fully saturated rings. The summed E-state index contributed by atoms with van der Waals surface area (Å²) in [5.74, 6) is -0.531. The van der Waals surface area contributed by atoms with Crippen molar-refractivity contribution in [1.29, 1.82) is 0 Å². The van der Waals surface area contributed by atoms with Crippen LogP contribution < -0.4 is 5.32 Å². The lowest BCUT2D eigenvalue weighted by Gasteiger charge is -2.24. The molecule has 0 saturated heterocycles. The highest BCUT2D eigenvalue weighted by atomic mass is 16.5. The second-order valence-corrected chi connectivity index (χ2v) is 18.4. The van der Waals surface area contributed by atoms with Gasteiger partial charge in [0.1, 0.15) is 6.10 Å². The van der Waals surface area contributed by atoms with E-state index in [9.17, 15) is 19.8 Å². The number of esters is 1. The van der Waals surface area contributed by atoms with Crippen molar-refractivity contribution in [3.63, 3.8) is 0 Å². The monoisotopic (exact) mass is 894 g/mol. The van der Waals surface area contributed by atoms with Crippen molar-refractivity contribution in [3.05, 3.63) is 72.9 Å². The maximum Gasteiger partial charge on any atom is 0.306 e. The van der Waals surface area contributed by atoms with Crippen molar-refractivity contribution in [1.82, 2.24) is 5.32 Å². The number of carbonyl (C=O) groups excluding carboxylic acids is 2. The quantitative estimate of drug-likeness (QED) is 0.0245. The third-order valence-corrected chi connectivity index (χ3v) is 12.1. The minimum atomic E-state index is -0.802. The Balaban J connectivity index is 4.57. The maximum absolute atomic E-state index is 13.2. The molecule has 0 bridgehead atoms. The van der Waals surface area contributed by atoms with Gasteiger partial charge in [-0.3, -0.25) is 9.59 Å². The fraction of sp³-hybridized carbons (Fsp3) is 0.759. The number of ether oxygens (including phenoxy) is 1. The van der Waals surface area contributed by atoms with E-state index < -0.39 is 18.2 Å². The largest absolute Gasteiger partial charge is 0.462 e. The second kappa shape index (κ2) is 51.3. The Kier molecular flexibility index (Phi) is 49.1. The number of unbranched alkanes of at least 4 members (excludes halogenated alkanes) is 28. The van der Waals surface area contributed by atoms with Gasteiger partial charge in [-0.25, -0.2) is 0 Å². The van der Waals surface area contributed by atoms with Gasteiger partial charge in [0.25, 0.3) is 0 Å². The minimum absolute atomic E-state index is 0.0439. The first kappa shape index (κ1) is 61.3. The molecule has 3 unspecified atom stereocenters. The number of nitrogens with one attached hydrogen (secondary N) is 1. The van der Waals surface area contributed by atoms with Crippen molar-refractivity contribution < 1.29 is 24.5 Å². The molecular formula is C58H103NO5. The van der Waals surface area contributed by atoms with Gasteiger partial charge in [-0.05, 0) is 64.2 Å². The van der Waals surface area contributed by atoms with E-state index in [1.807, 2.05) is 24.3 Å². The first-order valence-corrected chi connectivity index (χ1v) is 27.2. The number of allylic oxidation sites excluding steroid dienone is 12. The summed E-state index contributed by atoms with van der Waals surface area (Å²) < 4.78 is 5.91. The number of hydrogen-bond donors (Lipinski definition) is 3. The first-order chi connectivity index (χ1) is 31.5. The summed E-state index contributed by atoms with van der Waals surface area (Å²) >= 11 is 0. The molecule has 0 aliphatic heterocycles. The zero-order valence-electron chi connectivity index (χ0n) is 42.1. The number of aliphatic hydroxyl groups excluding tert-OH is 2. The van der Waals surface area contributed by atoms with E-state index in [1.165, 1.54) is 128 Å². The molecule has 0 aromatic carbocycles. The van der Waals surface area contributed by atoms with Gasteiger partial charge in [-0.2, -0.15) is 0 Å². The van der Waals surface area contributed by atoms with Crippen LogP contribution in [0, 0.1) is 0 Å². The van der Waals surface area contributed by atoms with Gasteiger partial charge in [0.15, 0.2) is 0 Å². The smallest absolute Gasteiger partial charge is 0.306 e. The van der Waals surface area contributed by atoms with E-state index in [0.717, 1.165) is 83.5 Å². The van der Waals surface area contributed by atoms with E-state index in [1.54, 1.807) is 0 Å². The van der Waals surface area contributed by atoms with Crippen LogP contribution in [0.5, 0.6) is 0 Å². The standard InChI is InChI=1S/C58H103NO5/c1-4-7-10-13-16-19-22-24-26-28-29-31-33-36-39-42-45-48-51-58(63)64-54(49-46-43-40-37-34-21-18-15-12-9-6-3)52-57(62)59-55(53-60)56(61)50-47-44-41-38-35-32-30-27-25-23-20-17-14-11-8-5-2/h10,13,16,19,22,24,26,28-29,31,37,40,54-56,60-61H,4-9,11-12,14-15,17-18,20-21,23,25,27,30,32-36,38-39,41-53H2,1-3H3,(H,59,62)/b13-10+,19-16+,24-22+,28-26+,31-29+,40-37-. The van der Waals surface area contributed by atoms with Gasteiger partial charge in [0, 0.05) is 6.42 Å². The van der Waals surface area contributed by atoms with Crippen molar-refractivity contribution >= 4 is 11.9 Å². The van der Waals surface area contributed by atoms with Crippen LogP contribution in [-0.2, 0) is 14.3 Å². The van der Waals surface area contributed by atoms with E-state index in [-0.39, 0.29) is 24.9 Å².